The topological polar surface area (TPSA) is 43.9 Å². The maximum Gasteiger partial charge on any atom is 0.228 e. The highest BCUT2D eigenvalue weighted by Crippen LogP contribution is 2.29. The zero-order valence-corrected chi connectivity index (χ0v) is 16.1. The molecule has 146 valence electrons. The number of piperazine rings is 1. The molecule has 2 aliphatic heterocycles. The third kappa shape index (κ3) is 3.69. The fourth-order valence-corrected chi connectivity index (χ4v) is 4.03. The number of halogens is 2. The molecule has 2 fully saturated rings. The minimum absolute atomic E-state index is 0.0109. The third-order valence-corrected chi connectivity index (χ3v) is 5.69. The summed E-state index contributed by atoms with van der Waals surface area (Å²) in [7, 11) is 0. The number of anilines is 2. The first kappa shape index (κ1) is 18.7. The first-order valence-electron chi connectivity index (χ1n) is 9.37. The summed E-state index contributed by atoms with van der Waals surface area (Å²) in [5.41, 5.74) is 1.69. The Morgan fingerprint density at radius 2 is 1.71 bits per heavy atom. The second kappa shape index (κ2) is 7.80. The Morgan fingerprint density at radius 1 is 1.00 bits per heavy atom. The van der Waals surface area contributed by atoms with E-state index in [0.29, 0.717) is 25.3 Å². The smallest absolute Gasteiger partial charge is 0.228 e. The predicted molar refractivity (Wildman–Crippen MR) is 107 cm³/mol. The van der Waals surface area contributed by atoms with Gasteiger partial charge in [-0.25, -0.2) is 4.39 Å². The van der Waals surface area contributed by atoms with Crippen LogP contribution in [0.5, 0.6) is 0 Å². The van der Waals surface area contributed by atoms with Crippen molar-refractivity contribution >= 4 is 34.8 Å². The van der Waals surface area contributed by atoms with Crippen LogP contribution in [0.1, 0.15) is 6.42 Å². The molecule has 2 saturated heterocycles. The normalized spacial score (nSPS) is 20.0. The second-order valence-corrected chi connectivity index (χ2v) is 7.56. The van der Waals surface area contributed by atoms with Gasteiger partial charge in [-0.1, -0.05) is 29.8 Å². The number of carbonyl (C=O) groups is 2. The summed E-state index contributed by atoms with van der Waals surface area (Å²) < 4.78 is 13.4. The summed E-state index contributed by atoms with van der Waals surface area (Å²) in [5, 5.41) is -0.0305. The highest BCUT2D eigenvalue weighted by Gasteiger charge is 2.38. The van der Waals surface area contributed by atoms with Crippen LogP contribution in [0.3, 0.4) is 0 Å². The Kier molecular flexibility index (Phi) is 5.22. The van der Waals surface area contributed by atoms with E-state index < -0.39 is 5.82 Å². The van der Waals surface area contributed by atoms with Crippen molar-refractivity contribution in [2.45, 2.75) is 6.42 Å². The molecule has 2 aromatic carbocycles. The highest BCUT2D eigenvalue weighted by atomic mass is 35.5. The Balaban J connectivity index is 1.38. The molecule has 0 N–H and O–H groups in total. The number of rotatable bonds is 3. The van der Waals surface area contributed by atoms with Gasteiger partial charge in [0.05, 0.1) is 10.9 Å². The van der Waals surface area contributed by atoms with Gasteiger partial charge >= 0.3 is 0 Å². The number of hydrogen-bond donors (Lipinski definition) is 0. The monoisotopic (exact) mass is 401 g/mol. The lowest BCUT2D eigenvalue weighted by molar-refractivity contribution is -0.136. The second-order valence-electron chi connectivity index (χ2n) is 7.15. The van der Waals surface area contributed by atoms with Crippen molar-refractivity contribution in [3.63, 3.8) is 0 Å². The van der Waals surface area contributed by atoms with Gasteiger partial charge < -0.3 is 14.7 Å². The fourth-order valence-electron chi connectivity index (χ4n) is 3.86. The number of para-hydroxylation sites is 1. The van der Waals surface area contributed by atoms with Crippen molar-refractivity contribution in [1.29, 1.82) is 0 Å². The number of amides is 2. The SMILES string of the molecule is O=C(C1CC(=O)N(c2ccc(F)c(Cl)c2)C1)N1CCN(c2ccccc2)CC1. The van der Waals surface area contributed by atoms with E-state index >= 15 is 0 Å². The maximum absolute atomic E-state index is 13.4. The summed E-state index contributed by atoms with van der Waals surface area (Å²) in [6, 6.07) is 14.3. The Morgan fingerprint density at radius 3 is 2.39 bits per heavy atom. The molecular weight excluding hydrogens is 381 g/mol. The molecule has 2 aromatic rings. The zero-order valence-electron chi connectivity index (χ0n) is 15.4. The molecule has 0 spiro atoms. The lowest BCUT2D eigenvalue weighted by Crippen LogP contribution is -2.50. The van der Waals surface area contributed by atoms with Gasteiger partial charge in [-0.15, -0.1) is 0 Å². The highest BCUT2D eigenvalue weighted by molar-refractivity contribution is 6.31. The molecule has 4 rings (SSSR count). The maximum atomic E-state index is 13.4. The summed E-state index contributed by atoms with van der Waals surface area (Å²) in [4.78, 5) is 31.0. The van der Waals surface area contributed by atoms with E-state index in [-0.39, 0.29) is 29.2 Å². The molecule has 0 aliphatic carbocycles. The predicted octanol–water partition coefficient (Wildman–Crippen LogP) is 3.18. The van der Waals surface area contributed by atoms with Crippen LogP contribution in [0.15, 0.2) is 48.5 Å². The average molecular weight is 402 g/mol. The molecule has 2 amide bonds. The largest absolute Gasteiger partial charge is 0.368 e. The number of hydrogen-bond acceptors (Lipinski definition) is 3. The molecule has 0 aromatic heterocycles. The van der Waals surface area contributed by atoms with Gasteiger partial charge in [0.1, 0.15) is 5.82 Å². The zero-order chi connectivity index (χ0) is 19.7. The molecule has 28 heavy (non-hydrogen) atoms. The molecule has 5 nitrogen and oxygen atoms in total. The van der Waals surface area contributed by atoms with Gasteiger partial charge in [-0.3, -0.25) is 9.59 Å². The van der Waals surface area contributed by atoms with Crippen molar-refractivity contribution < 1.29 is 14.0 Å². The lowest BCUT2D eigenvalue weighted by Gasteiger charge is -2.37. The number of nitrogens with zero attached hydrogens (tertiary/aromatic N) is 3. The van der Waals surface area contributed by atoms with Gasteiger partial charge in [0.2, 0.25) is 11.8 Å². The van der Waals surface area contributed by atoms with Crippen molar-refractivity contribution in [3.05, 3.63) is 59.4 Å². The first-order chi connectivity index (χ1) is 13.5. The van der Waals surface area contributed by atoms with Crippen LogP contribution in [0.4, 0.5) is 15.8 Å². The van der Waals surface area contributed by atoms with Crippen molar-refractivity contribution in [2.24, 2.45) is 5.92 Å². The van der Waals surface area contributed by atoms with Crippen molar-refractivity contribution in [2.75, 3.05) is 42.5 Å². The Labute approximate surface area is 168 Å². The average Bonchev–Trinajstić information content (AvgIpc) is 3.12. The minimum Gasteiger partial charge on any atom is -0.368 e. The van der Waals surface area contributed by atoms with E-state index in [0.717, 1.165) is 18.8 Å². The van der Waals surface area contributed by atoms with Crippen LogP contribution in [-0.4, -0.2) is 49.4 Å². The molecule has 0 saturated carbocycles. The molecule has 0 radical (unpaired) electrons. The van der Waals surface area contributed by atoms with Gasteiger partial charge in [0.15, 0.2) is 0 Å². The third-order valence-electron chi connectivity index (χ3n) is 5.40. The van der Waals surface area contributed by atoms with Gasteiger partial charge in [-0.2, -0.15) is 0 Å². The first-order valence-corrected chi connectivity index (χ1v) is 9.75. The van der Waals surface area contributed by atoms with Gasteiger partial charge in [0.25, 0.3) is 0 Å². The molecule has 0 bridgehead atoms. The van der Waals surface area contributed by atoms with E-state index in [1.165, 1.54) is 23.1 Å². The van der Waals surface area contributed by atoms with Gasteiger partial charge in [-0.05, 0) is 30.3 Å². The van der Waals surface area contributed by atoms with Crippen LogP contribution >= 0.6 is 11.6 Å². The quantitative estimate of drug-likeness (QED) is 0.793. The van der Waals surface area contributed by atoms with E-state index in [4.69, 9.17) is 11.6 Å². The van der Waals surface area contributed by atoms with E-state index in [1.54, 1.807) is 0 Å². The lowest BCUT2D eigenvalue weighted by atomic mass is 10.1. The van der Waals surface area contributed by atoms with E-state index in [9.17, 15) is 14.0 Å². The fraction of sp³-hybridized carbons (Fsp3) is 0.333. The van der Waals surface area contributed by atoms with Crippen molar-refractivity contribution in [3.8, 4) is 0 Å². The summed E-state index contributed by atoms with van der Waals surface area (Å²) in [6.07, 6.45) is 0.173. The molecule has 2 heterocycles. The van der Waals surface area contributed by atoms with Crippen LogP contribution in [0, 0.1) is 11.7 Å². The van der Waals surface area contributed by atoms with Crippen LogP contribution in [0.25, 0.3) is 0 Å². The summed E-state index contributed by atoms with van der Waals surface area (Å²) >= 11 is 5.83. The number of carbonyl (C=O) groups excluding carboxylic acids is 2. The Hall–Kier alpha value is -2.60. The summed E-state index contributed by atoms with van der Waals surface area (Å²) in [6.45, 7) is 3.13. The molecule has 1 unspecified atom stereocenters. The molecule has 7 heteroatoms. The van der Waals surface area contributed by atoms with Gasteiger partial charge in [0, 0.05) is 50.5 Å². The number of benzene rings is 2. The molecule has 2 aliphatic rings. The van der Waals surface area contributed by atoms with Crippen LogP contribution in [-0.2, 0) is 9.59 Å². The molecular formula is C21H21ClFN3O2. The van der Waals surface area contributed by atoms with E-state index in [1.807, 2.05) is 23.1 Å². The van der Waals surface area contributed by atoms with E-state index in [2.05, 4.69) is 17.0 Å². The van der Waals surface area contributed by atoms with Crippen LogP contribution in [0.2, 0.25) is 5.02 Å². The minimum atomic E-state index is -0.527. The van der Waals surface area contributed by atoms with Crippen molar-refractivity contribution in [1.82, 2.24) is 4.90 Å². The summed E-state index contributed by atoms with van der Waals surface area (Å²) in [5.74, 6) is -1.03. The van der Waals surface area contributed by atoms with Crippen LogP contribution < -0.4 is 9.80 Å². The molecule has 1 atom stereocenters. The standard InChI is InChI=1S/C21H21ClFN3O2/c22-18-13-17(6-7-19(18)23)26-14-15(12-20(26)27)21(28)25-10-8-24(9-11-25)16-4-2-1-3-5-16/h1-7,13,15H,8-12,14H2. The Bertz CT molecular complexity index is 884.